The van der Waals surface area contributed by atoms with Gasteiger partial charge in [-0.1, -0.05) is 34.1 Å². The Morgan fingerprint density at radius 2 is 1.96 bits per heavy atom. The first kappa shape index (κ1) is 25.5. The number of carbonyl (C=O) groups is 1. The molecular weight excluding hydrogens is 527 g/mol. The van der Waals surface area contributed by atoms with Crippen molar-refractivity contribution in [2.24, 2.45) is 4.99 Å². The van der Waals surface area contributed by atoms with Crippen LogP contribution in [0.1, 0.15) is 25.8 Å². The minimum Gasteiger partial charge on any atom is -0.356 e. The van der Waals surface area contributed by atoms with E-state index in [0.717, 1.165) is 22.5 Å². The van der Waals surface area contributed by atoms with E-state index < -0.39 is 0 Å². The van der Waals surface area contributed by atoms with Crippen molar-refractivity contribution in [2.75, 3.05) is 33.4 Å². The lowest BCUT2D eigenvalue weighted by molar-refractivity contribution is -0.130. The molecular formula is C18H30BrIN4OS. The van der Waals surface area contributed by atoms with Crippen LogP contribution >= 0.6 is 51.7 Å². The van der Waals surface area contributed by atoms with Crippen LogP contribution in [0.15, 0.2) is 33.7 Å². The third kappa shape index (κ3) is 9.45. The molecule has 0 heterocycles. The smallest absolute Gasteiger partial charge is 0.224 e. The molecule has 0 aliphatic heterocycles. The van der Waals surface area contributed by atoms with Crippen LogP contribution in [-0.4, -0.2) is 55.0 Å². The molecule has 0 spiro atoms. The van der Waals surface area contributed by atoms with E-state index >= 15 is 0 Å². The van der Waals surface area contributed by atoms with Crippen molar-refractivity contribution >= 4 is 63.5 Å². The predicted octanol–water partition coefficient (Wildman–Crippen LogP) is 3.72. The lowest BCUT2D eigenvalue weighted by Crippen LogP contribution is -2.44. The Hall–Kier alpha value is -0.480. The number of rotatable bonds is 8. The van der Waals surface area contributed by atoms with Crippen molar-refractivity contribution in [1.29, 1.82) is 0 Å². The molecule has 0 aliphatic carbocycles. The number of nitrogens with zero attached hydrogens (tertiary/aromatic N) is 2. The van der Waals surface area contributed by atoms with Crippen molar-refractivity contribution in [1.82, 2.24) is 15.5 Å². The molecule has 5 nitrogen and oxygen atoms in total. The SMILES string of the molecule is CN=C(NCCC(=O)N(C)Cc1ccccc1Br)NCC(C)(C)SC.I. The van der Waals surface area contributed by atoms with Crippen LogP contribution in [-0.2, 0) is 11.3 Å². The monoisotopic (exact) mass is 556 g/mol. The molecule has 148 valence electrons. The van der Waals surface area contributed by atoms with Gasteiger partial charge in [0.15, 0.2) is 5.96 Å². The maximum atomic E-state index is 12.3. The van der Waals surface area contributed by atoms with Gasteiger partial charge in [0.05, 0.1) is 0 Å². The fourth-order valence-electron chi connectivity index (χ4n) is 2.04. The molecule has 2 N–H and O–H groups in total. The van der Waals surface area contributed by atoms with Gasteiger partial charge in [0.25, 0.3) is 0 Å². The van der Waals surface area contributed by atoms with E-state index in [2.05, 4.69) is 51.7 Å². The van der Waals surface area contributed by atoms with Crippen LogP contribution in [0, 0.1) is 0 Å². The Bertz CT molecular complexity index is 598. The molecule has 0 aromatic heterocycles. The topological polar surface area (TPSA) is 56.7 Å². The first-order valence-electron chi connectivity index (χ1n) is 8.26. The van der Waals surface area contributed by atoms with Crippen LogP contribution in [0.3, 0.4) is 0 Å². The number of thioether (sulfide) groups is 1. The Morgan fingerprint density at radius 1 is 1.31 bits per heavy atom. The summed E-state index contributed by atoms with van der Waals surface area (Å²) in [5.41, 5.74) is 1.10. The first-order chi connectivity index (χ1) is 11.8. The zero-order chi connectivity index (χ0) is 18.9. The second-order valence-corrected chi connectivity index (χ2v) is 8.78. The van der Waals surface area contributed by atoms with E-state index in [-0.39, 0.29) is 34.6 Å². The van der Waals surface area contributed by atoms with Gasteiger partial charge in [-0.3, -0.25) is 9.79 Å². The minimum absolute atomic E-state index is 0. The number of carbonyl (C=O) groups excluding carboxylic acids is 1. The summed E-state index contributed by atoms with van der Waals surface area (Å²) in [5.74, 6) is 0.825. The third-order valence-electron chi connectivity index (χ3n) is 3.88. The number of guanidine groups is 1. The van der Waals surface area contributed by atoms with Gasteiger partial charge < -0.3 is 15.5 Å². The highest BCUT2D eigenvalue weighted by Crippen LogP contribution is 2.19. The number of amides is 1. The highest BCUT2D eigenvalue weighted by Gasteiger charge is 2.16. The molecule has 0 unspecified atom stereocenters. The maximum Gasteiger partial charge on any atom is 0.224 e. The van der Waals surface area contributed by atoms with Gasteiger partial charge in [0, 0.05) is 49.4 Å². The summed E-state index contributed by atoms with van der Waals surface area (Å²) in [6.45, 7) is 6.31. The summed E-state index contributed by atoms with van der Waals surface area (Å²) in [7, 11) is 3.57. The van der Waals surface area contributed by atoms with Gasteiger partial charge >= 0.3 is 0 Å². The summed E-state index contributed by atoms with van der Waals surface area (Å²) < 4.78 is 1.16. The van der Waals surface area contributed by atoms with Gasteiger partial charge in [-0.05, 0) is 31.7 Å². The number of halogens is 2. The van der Waals surface area contributed by atoms with Gasteiger partial charge in [-0.15, -0.1) is 24.0 Å². The standard InChI is InChI=1S/C18H29BrN4OS.HI/c1-18(2,25-5)13-22-17(20-3)21-11-10-16(24)23(4)12-14-8-6-7-9-15(14)19;/h6-9H,10-13H2,1-5H3,(H2,20,21,22);1H. The zero-order valence-corrected chi connectivity index (χ0v) is 20.9. The highest BCUT2D eigenvalue weighted by atomic mass is 127. The summed E-state index contributed by atoms with van der Waals surface area (Å²) in [6, 6.07) is 7.95. The highest BCUT2D eigenvalue weighted by molar-refractivity contribution is 14.0. The Kier molecular flexibility index (Phi) is 12.6. The van der Waals surface area contributed by atoms with Gasteiger partial charge in [-0.2, -0.15) is 11.8 Å². The molecule has 0 aliphatic rings. The third-order valence-corrected chi connectivity index (χ3v) is 5.90. The molecule has 1 aromatic rings. The summed E-state index contributed by atoms with van der Waals surface area (Å²) in [4.78, 5) is 18.2. The van der Waals surface area contributed by atoms with Crippen molar-refractivity contribution < 1.29 is 4.79 Å². The lowest BCUT2D eigenvalue weighted by atomic mass is 10.2. The normalized spacial score (nSPS) is 11.5. The molecule has 0 saturated heterocycles. The van der Waals surface area contributed by atoms with E-state index in [1.165, 1.54) is 0 Å². The number of aliphatic imine (C=N–C) groups is 1. The molecule has 0 fully saturated rings. The second kappa shape index (κ2) is 12.8. The fourth-order valence-corrected chi connectivity index (χ4v) is 2.67. The summed E-state index contributed by atoms with van der Waals surface area (Å²) >= 11 is 5.32. The Labute approximate surface area is 187 Å². The molecule has 0 saturated carbocycles. The largest absolute Gasteiger partial charge is 0.356 e. The summed E-state index contributed by atoms with van der Waals surface area (Å²) in [6.07, 6.45) is 2.52. The second-order valence-electron chi connectivity index (χ2n) is 6.41. The number of nitrogens with one attached hydrogen (secondary N) is 2. The quantitative estimate of drug-likeness (QED) is 0.291. The summed E-state index contributed by atoms with van der Waals surface area (Å²) in [5, 5.41) is 6.50. The number of hydrogen-bond acceptors (Lipinski definition) is 3. The van der Waals surface area contributed by atoms with E-state index in [9.17, 15) is 4.79 Å². The van der Waals surface area contributed by atoms with E-state index in [1.54, 1.807) is 23.7 Å². The van der Waals surface area contributed by atoms with Crippen molar-refractivity contribution in [3.63, 3.8) is 0 Å². The van der Waals surface area contributed by atoms with E-state index in [0.29, 0.717) is 19.5 Å². The maximum absolute atomic E-state index is 12.3. The average molecular weight is 557 g/mol. The molecule has 1 amide bonds. The van der Waals surface area contributed by atoms with Gasteiger partial charge in [-0.25, -0.2) is 0 Å². The van der Waals surface area contributed by atoms with Crippen molar-refractivity contribution in [3.05, 3.63) is 34.3 Å². The lowest BCUT2D eigenvalue weighted by Gasteiger charge is -2.24. The Balaban J connectivity index is 0.00000625. The minimum atomic E-state index is 0. The van der Waals surface area contributed by atoms with Crippen LogP contribution in [0.25, 0.3) is 0 Å². The first-order valence-corrected chi connectivity index (χ1v) is 10.3. The van der Waals surface area contributed by atoms with Crippen molar-refractivity contribution in [2.45, 2.75) is 31.6 Å². The van der Waals surface area contributed by atoms with Crippen LogP contribution in [0.5, 0.6) is 0 Å². The van der Waals surface area contributed by atoms with Gasteiger partial charge in [0.1, 0.15) is 0 Å². The van der Waals surface area contributed by atoms with Gasteiger partial charge in [0.2, 0.25) is 5.91 Å². The molecule has 1 rings (SSSR count). The molecule has 26 heavy (non-hydrogen) atoms. The van der Waals surface area contributed by atoms with Crippen LogP contribution < -0.4 is 10.6 Å². The molecule has 0 bridgehead atoms. The number of benzene rings is 1. The molecule has 0 radical (unpaired) electrons. The van der Waals surface area contributed by atoms with Crippen LogP contribution in [0.2, 0.25) is 0 Å². The van der Waals surface area contributed by atoms with Crippen molar-refractivity contribution in [3.8, 4) is 0 Å². The van der Waals surface area contributed by atoms with E-state index in [4.69, 9.17) is 0 Å². The van der Waals surface area contributed by atoms with E-state index in [1.807, 2.05) is 31.3 Å². The predicted molar refractivity (Wildman–Crippen MR) is 128 cm³/mol. The fraction of sp³-hybridized carbons (Fsp3) is 0.556. The number of hydrogen-bond donors (Lipinski definition) is 2. The van der Waals surface area contributed by atoms with Crippen LogP contribution in [0.4, 0.5) is 0 Å². The molecule has 0 atom stereocenters. The molecule has 8 heteroatoms. The molecule has 1 aromatic carbocycles. The average Bonchev–Trinajstić information content (AvgIpc) is 2.59. The Morgan fingerprint density at radius 3 is 2.54 bits per heavy atom. The zero-order valence-electron chi connectivity index (χ0n) is 16.1.